The molecule has 0 unspecified atom stereocenters. The van der Waals surface area contributed by atoms with Gasteiger partial charge in [0.15, 0.2) is 0 Å². The molecule has 108 valence electrons. The van der Waals surface area contributed by atoms with Crippen molar-refractivity contribution in [2.75, 3.05) is 5.32 Å². The van der Waals surface area contributed by atoms with E-state index in [-0.39, 0.29) is 5.69 Å². The fraction of sp³-hybridized carbons (Fsp3) is 0.250. The van der Waals surface area contributed by atoms with Crippen molar-refractivity contribution in [1.29, 1.82) is 0 Å². The lowest BCUT2D eigenvalue weighted by Crippen LogP contribution is -2.44. The summed E-state index contributed by atoms with van der Waals surface area (Å²) in [6, 6.07) is 1.42. The SMILES string of the molecule is Cc1ccc(F)c(NC(=O)N[C@H](CC(=O)O)C(=O)O)c1. The molecule has 20 heavy (non-hydrogen) atoms. The molecule has 7 nitrogen and oxygen atoms in total. The summed E-state index contributed by atoms with van der Waals surface area (Å²) in [6.45, 7) is 1.69. The minimum atomic E-state index is -1.60. The summed E-state index contributed by atoms with van der Waals surface area (Å²) in [7, 11) is 0. The van der Waals surface area contributed by atoms with E-state index < -0.39 is 36.2 Å². The van der Waals surface area contributed by atoms with Gasteiger partial charge in [0.25, 0.3) is 0 Å². The summed E-state index contributed by atoms with van der Waals surface area (Å²) in [5, 5.41) is 21.4. The van der Waals surface area contributed by atoms with Crippen LogP contribution in [0.15, 0.2) is 18.2 Å². The van der Waals surface area contributed by atoms with Crippen molar-refractivity contribution in [2.45, 2.75) is 19.4 Å². The first-order valence-corrected chi connectivity index (χ1v) is 5.58. The van der Waals surface area contributed by atoms with Crippen LogP contribution in [0.25, 0.3) is 0 Å². The Labute approximate surface area is 113 Å². The van der Waals surface area contributed by atoms with Crippen LogP contribution in [0.1, 0.15) is 12.0 Å². The van der Waals surface area contributed by atoms with Crippen LogP contribution in [0.4, 0.5) is 14.9 Å². The van der Waals surface area contributed by atoms with Crippen LogP contribution < -0.4 is 10.6 Å². The van der Waals surface area contributed by atoms with Gasteiger partial charge >= 0.3 is 18.0 Å². The van der Waals surface area contributed by atoms with Crippen molar-refractivity contribution >= 4 is 23.7 Å². The molecule has 1 aromatic carbocycles. The lowest BCUT2D eigenvalue weighted by atomic mass is 10.2. The number of amides is 2. The molecule has 0 aromatic heterocycles. The Hall–Kier alpha value is -2.64. The number of hydrogen-bond acceptors (Lipinski definition) is 3. The average Bonchev–Trinajstić information content (AvgIpc) is 2.32. The highest BCUT2D eigenvalue weighted by atomic mass is 19.1. The van der Waals surface area contributed by atoms with Gasteiger partial charge in [-0.15, -0.1) is 0 Å². The van der Waals surface area contributed by atoms with E-state index in [0.29, 0.717) is 5.56 Å². The van der Waals surface area contributed by atoms with Crippen LogP contribution in [0.2, 0.25) is 0 Å². The van der Waals surface area contributed by atoms with Gasteiger partial charge < -0.3 is 20.8 Å². The number of carbonyl (C=O) groups is 3. The smallest absolute Gasteiger partial charge is 0.326 e. The predicted molar refractivity (Wildman–Crippen MR) is 67.0 cm³/mol. The van der Waals surface area contributed by atoms with E-state index in [0.717, 1.165) is 6.07 Å². The van der Waals surface area contributed by atoms with Gasteiger partial charge in [-0.05, 0) is 24.6 Å². The molecular weight excluding hydrogens is 271 g/mol. The van der Waals surface area contributed by atoms with Gasteiger partial charge in [-0.2, -0.15) is 0 Å². The Morgan fingerprint density at radius 3 is 2.50 bits per heavy atom. The number of carbonyl (C=O) groups excluding carboxylic acids is 1. The van der Waals surface area contributed by atoms with Crippen molar-refractivity contribution in [3.8, 4) is 0 Å². The molecule has 0 aliphatic rings. The number of halogens is 1. The zero-order valence-electron chi connectivity index (χ0n) is 10.5. The van der Waals surface area contributed by atoms with Crippen molar-refractivity contribution < 1.29 is 29.0 Å². The lowest BCUT2D eigenvalue weighted by Gasteiger charge is -2.13. The molecule has 0 spiro atoms. The fourth-order valence-corrected chi connectivity index (χ4v) is 1.43. The maximum Gasteiger partial charge on any atom is 0.326 e. The second-order valence-electron chi connectivity index (χ2n) is 4.07. The monoisotopic (exact) mass is 284 g/mol. The number of carboxylic acid groups (broad SMARTS) is 2. The van der Waals surface area contributed by atoms with Gasteiger partial charge in [-0.3, -0.25) is 4.79 Å². The Bertz CT molecular complexity index is 547. The third kappa shape index (κ3) is 4.56. The molecule has 0 saturated carbocycles. The normalized spacial score (nSPS) is 11.5. The van der Waals surface area contributed by atoms with Gasteiger partial charge in [0, 0.05) is 0 Å². The third-order valence-electron chi connectivity index (χ3n) is 2.35. The minimum absolute atomic E-state index is 0.123. The Morgan fingerprint density at radius 1 is 1.30 bits per heavy atom. The van der Waals surface area contributed by atoms with Crippen LogP contribution in [-0.4, -0.2) is 34.2 Å². The first kappa shape index (κ1) is 15.4. The van der Waals surface area contributed by atoms with Gasteiger partial charge in [0.2, 0.25) is 0 Å². The summed E-state index contributed by atoms with van der Waals surface area (Å²) in [5.74, 6) is -3.55. The average molecular weight is 284 g/mol. The molecule has 0 saturated heterocycles. The standard InChI is InChI=1S/C12H13FN2O5/c1-6-2-3-7(13)8(4-6)14-12(20)15-9(11(18)19)5-10(16)17/h2-4,9H,5H2,1H3,(H,16,17)(H,18,19)(H2,14,15,20)/t9-/m1/s1. The number of benzene rings is 1. The summed E-state index contributed by atoms with van der Waals surface area (Å²) in [5.41, 5.74) is 0.573. The molecule has 4 N–H and O–H groups in total. The molecule has 0 aliphatic carbocycles. The number of hydrogen-bond donors (Lipinski definition) is 4. The molecule has 1 aromatic rings. The van der Waals surface area contributed by atoms with E-state index in [1.807, 2.05) is 5.32 Å². The molecule has 1 rings (SSSR count). The molecule has 0 bridgehead atoms. The molecule has 0 radical (unpaired) electrons. The second-order valence-corrected chi connectivity index (χ2v) is 4.07. The summed E-state index contributed by atoms with van der Waals surface area (Å²) in [6.07, 6.45) is -0.779. The number of carboxylic acids is 2. The quantitative estimate of drug-likeness (QED) is 0.648. The Balaban J connectivity index is 2.72. The largest absolute Gasteiger partial charge is 0.481 e. The van der Waals surface area contributed by atoms with Crippen LogP contribution in [0.3, 0.4) is 0 Å². The number of aryl methyl sites for hydroxylation is 1. The molecule has 2 amide bonds. The first-order valence-electron chi connectivity index (χ1n) is 5.58. The Morgan fingerprint density at radius 2 is 1.95 bits per heavy atom. The van der Waals surface area contributed by atoms with E-state index in [4.69, 9.17) is 10.2 Å². The molecular formula is C12H13FN2O5. The zero-order chi connectivity index (χ0) is 15.3. The molecule has 0 heterocycles. The molecule has 0 fully saturated rings. The summed E-state index contributed by atoms with van der Waals surface area (Å²) in [4.78, 5) is 32.7. The van der Waals surface area contributed by atoms with Gasteiger partial charge in [-0.25, -0.2) is 14.0 Å². The van der Waals surface area contributed by atoms with Gasteiger partial charge in [-0.1, -0.05) is 6.07 Å². The van der Waals surface area contributed by atoms with E-state index in [1.54, 1.807) is 6.92 Å². The number of nitrogens with one attached hydrogen (secondary N) is 2. The number of rotatable bonds is 5. The van der Waals surface area contributed by atoms with E-state index >= 15 is 0 Å². The fourth-order valence-electron chi connectivity index (χ4n) is 1.43. The maximum atomic E-state index is 13.4. The highest BCUT2D eigenvalue weighted by Crippen LogP contribution is 2.15. The summed E-state index contributed by atoms with van der Waals surface area (Å²) < 4.78 is 13.4. The van der Waals surface area contributed by atoms with E-state index in [2.05, 4.69) is 5.32 Å². The van der Waals surface area contributed by atoms with Crippen molar-refractivity contribution in [3.05, 3.63) is 29.6 Å². The molecule has 8 heteroatoms. The minimum Gasteiger partial charge on any atom is -0.481 e. The first-order chi connectivity index (χ1) is 9.29. The Kier molecular flexibility index (Phi) is 5.01. The van der Waals surface area contributed by atoms with Crippen LogP contribution in [0.5, 0.6) is 0 Å². The van der Waals surface area contributed by atoms with Crippen LogP contribution in [0, 0.1) is 12.7 Å². The van der Waals surface area contributed by atoms with Gasteiger partial charge in [0.05, 0.1) is 12.1 Å². The highest BCUT2D eigenvalue weighted by molar-refractivity contribution is 5.93. The van der Waals surface area contributed by atoms with Crippen LogP contribution in [-0.2, 0) is 9.59 Å². The van der Waals surface area contributed by atoms with E-state index in [1.165, 1.54) is 12.1 Å². The molecule has 1 atom stereocenters. The van der Waals surface area contributed by atoms with Crippen molar-refractivity contribution in [1.82, 2.24) is 5.32 Å². The van der Waals surface area contributed by atoms with Crippen molar-refractivity contribution in [3.63, 3.8) is 0 Å². The third-order valence-corrected chi connectivity index (χ3v) is 2.35. The van der Waals surface area contributed by atoms with Crippen LogP contribution >= 0.6 is 0 Å². The van der Waals surface area contributed by atoms with E-state index in [9.17, 15) is 18.8 Å². The highest BCUT2D eigenvalue weighted by Gasteiger charge is 2.23. The maximum absolute atomic E-state index is 13.4. The molecule has 0 aliphatic heterocycles. The number of anilines is 1. The number of urea groups is 1. The number of aliphatic carboxylic acids is 2. The van der Waals surface area contributed by atoms with Gasteiger partial charge in [0.1, 0.15) is 11.9 Å². The van der Waals surface area contributed by atoms with Crippen molar-refractivity contribution in [2.24, 2.45) is 0 Å². The second kappa shape index (κ2) is 6.50. The summed E-state index contributed by atoms with van der Waals surface area (Å²) >= 11 is 0. The predicted octanol–water partition coefficient (Wildman–Crippen LogP) is 1.18. The topological polar surface area (TPSA) is 116 Å². The zero-order valence-corrected chi connectivity index (χ0v) is 10.5. The lowest BCUT2D eigenvalue weighted by molar-refractivity contribution is -0.145.